The average molecular weight is 481 g/mol. The molecule has 2 bridgehead atoms. The van der Waals surface area contributed by atoms with E-state index in [1.165, 1.54) is 39.7 Å². The molecule has 1 fully saturated rings. The van der Waals surface area contributed by atoms with Gasteiger partial charge >= 0.3 is 0 Å². The summed E-state index contributed by atoms with van der Waals surface area (Å²) in [5.74, 6) is -1.93. The van der Waals surface area contributed by atoms with Gasteiger partial charge in [0.15, 0.2) is 11.4 Å². The van der Waals surface area contributed by atoms with Crippen molar-refractivity contribution in [1.82, 2.24) is 35.2 Å². The fourth-order valence-electron chi connectivity index (χ4n) is 4.85. The van der Waals surface area contributed by atoms with Gasteiger partial charge in [-0.05, 0) is 49.3 Å². The van der Waals surface area contributed by atoms with E-state index in [0.717, 1.165) is 12.8 Å². The van der Waals surface area contributed by atoms with Crippen LogP contribution in [0.25, 0.3) is 0 Å². The second-order valence-electron chi connectivity index (χ2n) is 9.11. The van der Waals surface area contributed by atoms with E-state index in [9.17, 15) is 23.9 Å². The van der Waals surface area contributed by atoms with E-state index in [0.29, 0.717) is 24.9 Å². The number of hydrogen-bond donors (Lipinski definition) is 3. The molecule has 0 unspecified atom stereocenters. The maximum absolute atomic E-state index is 13.1. The zero-order chi connectivity index (χ0) is 24.7. The molecule has 2 amide bonds. The molecule has 3 aliphatic rings. The van der Waals surface area contributed by atoms with Crippen LogP contribution in [0.3, 0.4) is 0 Å². The number of benzene rings is 1. The third kappa shape index (κ3) is 4.15. The van der Waals surface area contributed by atoms with Crippen molar-refractivity contribution in [2.75, 3.05) is 0 Å². The zero-order valence-electron chi connectivity index (χ0n) is 19.0. The van der Waals surface area contributed by atoms with Gasteiger partial charge in [-0.2, -0.15) is 0 Å². The second-order valence-corrected chi connectivity index (χ2v) is 9.11. The molecule has 1 aliphatic carbocycles. The molecule has 1 saturated carbocycles. The van der Waals surface area contributed by atoms with E-state index in [1.807, 2.05) is 0 Å². The van der Waals surface area contributed by atoms with E-state index in [4.69, 9.17) is 0 Å². The first kappa shape index (κ1) is 22.7. The molecule has 3 N–H and O–H groups in total. The number of carbonyl (C=O) groups is 2. The Morgan fingerprint density at radius 3 is 2.57 bits per heavy atom. The molecular formula is C23H24FN7O4. The first-order valence-electron chi connectivity index (χ1n) is 11.3. The molecule has 2 aliphatic heterocycles. The van der Waals surface area contributed by atoms with Gasteiger partial charge < -0.3 is 15.7 Å². The van der Waals surface area contributed by atoms with Crippen molar-refractivity contribution in [1.29, 1.82) is 0 Å². The molecule has 0 saturated heterocycles. The van der Waals surface area contributed by atoms with Crippen molar-refractivity contribution < 1.29 is 19.1 Å². The van der Waals surface area contributed by atoms with Crippen LogP contribution in [0.15, 0.2) is 35.3 Å². The lowest BCUT2D eigenvalue weighted by atomic mass is 9.77. The number of hydrogen-bond acceptors (Lipinski definition) is 7. The highest BCUT2D eigenvalue weighted by Gasteiger charge is 2.46. The van der Waals surface area contributed by atoms with Crippen LogP contribution >= 0.6 is 0 Å². The number of aromatic hydroxyl groups is 1. The van der Waals surface area contributed by atoms with Gasteiger partial charge in [0, 0.05) is 20.1 Å². The Balaban J connectivity index is 1.50. The Bertz CT molecular complexity index is 1360. The summed E-state index contributed by atoms with van der Waals surface area (Å²) in [5, 5.41) is 23.8. The minimum atomic E-state index is -1.000. The number of fused-ring (bicyclic) bond motifs is 2. The van der Waals surface area contributed by atoms with Crippen LogP contribution in [0.5, 0.6) is 5.75 Å². The highest BCUT2D eigenvalue weighted by molar-refractivity contribution is 5.95. The third-order valence-electron chi connectivity index (χ3n) is 6.74. The lowest BCUT2D eigenvalue weighted by Crippen LogP contribution is -2.50. The van der Waals surface area contributed by atoms with Gasteiger partial charge in [-0.25, -0.2) is 9.37 Å². The van der Waals surface area contributed by atoms with Crippen molar-refractivity contribution in [3.8, 4) is 5.75 Å². The Hall–Kier alpha value is -4.09. The number of rotatable bonds is 5. The van der Waals surface area contributed by atoms with E-state index >= 15 is 0 Å². The van der Waals surface area contributed by atoms with Crippen molar-refractivity contribution in [3.63, 3.8) is 0 Å². The fourth-order valence-corrected chi connectivity index (χ4v) is 4.85. The maximum atomic E-state index is 13.1. The molecule has 0 radical (unpaired) electrons. The molecule has 12 heteroatoms. The molecule has 0 spiro atoms. The minimum Gasteiger partial charge on any atom is -0.501 e. The molecule has 0 atom stereocenters. The largest absolute Gasteiger partial charge is 0.501 e. The average Bonchev–Trinajstić information content (AvgIpc) is 3.16. The number of aryl methyl sites for hydroxylation is 1. The van der Waals surface area contributed by atoms with Gasteiger partial charge in [0.25, 0.3) is 17.4 Å². The lowest BCUT2D eigenvalue weighted by Gasteiger charge is -2.36. The van der Waals surface area contributed by atoms with Crippen molar-refractivity contribution in [3.05, 3.63) is 69.4 Å². The third-order valence-corrected chi connectivity index (χ3v) is 6.74. The highest BCUT2D eigenvalue weighted by Crippen LogP contribution is 2.43. The van der Waals surface area contributed by atoms with Gasteiger partial charge in [-0.1, -0.05) is 17.3 Å². The maximum Gasteiger partial charge on any atom is 0.296 e. The molecule has 182 valence electrons. The van der Waals surface area contributed by atoms with E-state index in [1.54, 1.807) is 7.05 Å². The van der Waals surface area contributed by atoms with Crippen LogP contribution in [-0.4, -0.2) is 41.5 Å². The van der Waals surface area contributed by atoms with Gasteiger partial charge in [0.1, 0.15) is 11.6 Å². The van der Waals surface area contributed by atoms with Crippen molar-refractivity contribution in [2.24, 2.45) is 13.0 Å². The molecule has 2 aromatic heterocycles. The van der Waals surface area contributed by atoms with Crippen LogP contribution in [0.1, 0.15) is 58.0 Å². The van der Waals surface area contributed by atoms with Crippen LogP contribution in [0.4, 0.5) is 4.39 Å². The lowest BCUT2D eigenvalue weighted by molar-refractivity contribution is 0.0844. The Morgan fingerprint density at radius 2 is 1.91 bits per heavy atom. The normalized spacial score (nSPS) is 20.7. The van der Waals surface area contributed by atoms with Crippen LogP contribution in [0.2, 0.25) is 0 Å². The van der Waals surface area contributed by atoms with Crippen LogP contribution < -0.4 is 16.2 Å². The monoisotopic (exact) mass is 481 g/mol. The Labute approximate surface area is 199 Å². The first-order valence-corrected chi connectivity index (χ1v) is 11.3. The molecule has 1 aromatic carbocycles. The molecule has 3 aromatic rings. The van der Waals surface area contributed by atoms with E-state index in [2.05, 4.69) is 25.9 Å². The summed E-state index contributed by atoms with van der Waals surface area (Å²) in [5.41, 5.74) is -1.38. The SMILES string of the molecule is Cn1cc(C(=O)NC23CCC(CC2)Cn2c3nc(C(=O)NCc3ccc(F)cc3)c(O)c2=O)nn1. The number of carbonyl (C=O) groups excluding carboxylic acids is 2. The number of nitrogens with one attached hydrogen (secondary N) is 2. The number of amides is 2. The molecule has 11 nitrogen and oxygen atoms in total. The summed E-state index contributed by atoms with van der Waals surface area (Å²) in [7, 11) is 1.65. The summed E-state index contributed by atoms with van der Waals surface area (Å²) >= 11 is 0. The molecule has 6 rings (SSSR count). The van der Waals surface area contributed by atoms with Gasteiger partial charge in [-0.15, -0.1) is 5.10 Å². The Kier molecular flexibility index (Phi) is 5.58. The van der Waals surface area contributed by atoms with E-state index < -0.39 is 40.2 Å². The first-order chi connectivity index (χ1) is 16.8. The Morgan fingerprint density at radius 1 is 1.20 bits per heavy atom. The van der Waals surface area contributed by atoms with Crippen molar-refractivity contribution in [2.45, 2.75) is 44.3 Å². The standard InChI is InChI=1S/C23H24FN7O4/c1-30-12-16(28-29-30)19(33)27-23-8-6-14(7-9-23)11-31-21(35)18(32)17(26-22(23)31)20(34)25-10-13-2-4-15(24)5-3-13/h2-5,12,14,32H,6-11H2,1H3,(H,25,34)(H,27,33). The van der Waals surface area contributed by atoms with Crippen LogP contribution in [0, 0.1) is 11.7 Å². The number of aromatic nitrogens is 5. The van der Waals surface area contributed by atoms with Crippen molar-refractivity contribution >= 4 is 11.8 Å². The predicted molar refractivity (Wildman–Crippen MR) is 120 cm³/mol. The van der Waals surface area contributed by atoms with E-state index in [-0.39, 0.29) is 24.0 Å². The number of nitrogens with zero attached hydrogens (tertiary/aromatic N) is 5. The zero-order valence-corrected chi connectivity index (χ0v) is 19.0. The highest BCUT2D eigenvalue weighted by atomic mass is 19.1. The fraction of sp³-hybridized carbons (Fsp3) is 0.391. The number of halogens is 1. The summed E-state index contributed by atoms with van der Waals surface area (Å²) in [6.07, 6.45) is 4.03. The minimum absolute atomic E-state index is 0.0509. The van der Waals surface area contributed by atoms with Gasteiger partial charge in [-0.3, -0.25) is 23.6 Å². The quantitative estimate of drug-likeness (QED) is 0.493. The molecular weight excluding hydrogens is 457 g/mol. The topological polar surface area (TPSA) is 144 Å². The second kappa shape index (κ2) is 8.60. The summed E-state index contributed by atoms with van der Waals surface area (Å²) in [6, 6.07) is 5.58. The van der Waals surface area contributed by atoms with Gasteiger partial charge in [0.2, 0.25) is 5.75 Å². The summed E-state index contributed by atoms with van der Waals surface area (Å²) < 4.78 is 15.9. The van der Waals surface area contributed by atoms with Crippen LogP contribution in [-0.2, 0) is 25.7 Å². The predicted octanol–water partition coefficient (Wildman–Crippen LogP) is 0.976. The van der Waals surface area contributed by atoms with Gasteiger partial charge in [0.05, 0.1) is 11.7 Å². The summed E-state index contributed by atoms with van der Waals surface area (Å²) in [6.45, 7) is 0.393. The molecule has 4 heterocycles. The summed E-state index contributed by atoms with van der Waals surface area (Å²) in [4.78, 5) is 43.5. The smallest absolute Gasteiger partial charge is 0.296 e. The molecule has 35 heavy (non-hydrogen) atoms.